The van der Waals surface area contributed by atoms with Gasteiger partial charge in [0.1, 0.15) is 5.76 Å². The second kappa shape index (κ2) is 9.93. The summed E-state index contributed by atoms with van der Waals surface area (Å²) < 4.78 is 21.1. The zero-order chi connectivity index (χ0) is 21.5. The number of carbonyl (C=O) groups excluding carboxylic acids is 1. The Labute approximate surface area is 182 Å². The van der Waals surface area contributed by atoms with Crippen molar-refractivity contribution in [1.82, 2.24) is 10.3 Å². The van der Waals surface area contributed by atoms with Gasteiger partial charge >= 0.3 is 0 Å². The molecule has 0 atom stereocenters. The Morgan fingerprint density at radius 2 is 2.00 bits per heavy atom. The van der Waals surface area contributed by atoms with Gasteiger partial charge in [0, 0.05) is 34.5 Å². The van der Waals surface area contributed by atoms with E-state index in [0.717, 1.165) is 10.0 Å². The fourth-order valence-electron chi connectivity index (χ4n) is 2.74. The summed E-state index contributed by atoms with van der Waals surface area (Å²) in [6, 6.07) is 13.0. The molecule has 0 radical (unpaired) electrons. The van der Waals surface area contributed by atoms with Gasteiger partial charge in [0.15, 0.2) is 11.6 Å². The van der Waals surface area contributed by atoms with E-state index in [1.807, 2.05) is 6.07 Å². The van der Waals surface area contributed by atoms with Crippen molar-refractivity contribution in [1.29, 1.82) is 0 Å². The number of aromatic nitrogens is 1. The lowest BCUT2D eigenvalue weighted by molar-refractivity contribution is 0.0950. The fraction of sp³-hybridized carbons (Fsp3) is 0.0870. The molecule has 30 heavy (non-hydrogen) atoms. The molecule has 1 aromatic heterocycles. The highest BCUT2D eigenvalue weighted by Gasteiger charge is 2.15. The molecule has 5 nitrogen and oxygen atoms in total. The quantitative estimate of drug-likeness (QED) is 0.358. The van der Waals surface area contributed by atoms with Crippen molar-refractivity contribution in [3.8, 4) is 5.75 Å². The van der Waals surface area contributed by atoms with Crippen molar-refractivity contribution in [2.24, 2.45) is 4.99 Å². The van der Waals surface area contributed by atoms with E-state index in [1.165, 1.54) is 18.2 Å². The van der Waals surface area contributed by atoms with Crippen LogP contribution in [0.15, 0.2) is 76.5 Å². The molecule has 152 valence electrons. The van der Waals surface area contributed by atoms with E-state index in [2.05, 4.69) is 37.9 Å². The third-order valence-corrected chi connectivity index (χ3v) is 4.77. The molecular weight excluding hydrogens is 449 g/mol. The smallest absolute Gasteiger partial charge is 0.251 e. The Kier molecular flexibility index (Phi) is 7.08. The first kappa shape index (κ1) is 21.4. The summed E-state index contributed by atoms with van der Waals surface area (Å²) in [6.45, 7) is 5.68. The summed E-state index contributed by atoms with van der Waals surface area (Å²) >= 11 is 3.39. The molecule has 7 heteroatoms. The number of hydrogen-bond donors (Lipinski definition) is 1. The van der Waals surface area contributed by atoms with Crippen LogP contribution >= 0.6 is 15.9 Å². The zero-order valence-electron chi connectivity index (χ0n) is 16.2. The van der Waals surface area contributed by atoms with Crippen LogP contribution in [0.25, 0.3) is 5.76 Å². The number of nitrogens with zero attached hydrogens (tertiary/aromatic N) is 2. The average Bonchev–Trinajstić information content (AvgIpc) is 2.77. The maximum atomic E-state index is 14.4. The SMILES string of the molecule is C=Nc1cc(Br)ccc1/C(=C\C)Oc1cc(C(=O)NCc2ccncc2)ccc1F. The molecule has 0 fully saturated rings. The van der Waals surface area contributed by atoms with E-state index in [1.54, 1.807) is 49.7 Å². The molecule has 0 saturated carbocycles. The van der Waals surface area contributed by atoms with Gasteiger partial charge in [-0.25, -0.2) is 4.39 Å². The minimum Gasteiger partial charge on any atom is -0.454 e. The minimum absolute atomic E-state index is 0.0578. The largest absolute Gasteiger partial charge is 0.454 e. The fourth-order valence-corrected chi connectivity index (χ4v) is 3.09. The molecule has 0 aliphatic rings. The van der Waals surface area contributed by atoms with Gasteiger partial charge in [-0.15, -0.1) is 0 Å². The minimum atomic E-state index is -0.578. The van der Waals surface area contributed by atoms with Crippen LogP contribution in [0.2, 0.25) is 0 Å². The van der Waals surface area contributed by atoms with Gasteiger partial charge in [0.05, 0.1) is 5.69 Å². The average molecular weight is 468 g/mol. The summed E-state index contributed by atoms with van der Waals surface area (Å²) in [4.78, 5) is 20.4. The number of allylic oxidation sites excluding steroid dienone is 1. The normalized spacial score (nSPS) is 11.1. The number of benzene rings is 2. The van der Waals surface area contributed by atoms with Crippen LogP contribution in [0, 0.1) is 5.82 Å². The third-order valence-electron chi connectivity index (χ3n) is 4.27. The number of rotatable bonds is 7. The van der Waals surface area contributed by atoms with Crippen LogP contribution in [0.5, 0.6) is 5.75 Å². The molecule has 0 spiro atoms. The van der Waals surface area contributed by atoms with Gasteiger partial charge in [0.2, 0.25) is 0 Å². The van der Waals surface area contributed by atoms with Crippen molar-refractivity contribution >= 4 is 40.0 Å². The van der Waals surface area contributed by atoms with Gasteiger partial charge in [-0.3, -0.25) is 14.8 Å². The van der Waals surface area contributed by atoms with E-state index in [-0.39, 0.29) is 17.2 Å². The van der Waals surface area contributed by atoms with Crippen molar-refractivity contribution in [2.75, 3.05) is 0 Å². The molecule has 0 aliphatic carbocycles. The molecule has 1 N–H and O–H groups in total. The Bertz CT molecular complexity index is 1100. The highest BCUT2D eigenvalue weighted by atomic mass is 79.9. The maximum absolute atomic E-state index is 14.4. The summed E-state index contributed by atoms with van der Waals surface area (Å²) in [5.41, 5.74) is 2.44. The van der Waals surface area contributed by atoms with Gasteiger partial charge in [-0.1, -0.05) is 15.9 Å². The second-order valence-corrected chi connectivity index (χ2v) is 7.17. The Hall–Kier alpha value is -3.32. The van der Waals surface area contributed by atoms with Crippen LogP contribution in [0.4, 0.5) is 10.1 Å². The highest BCUT2D eigenvalue weighted by Crippen LogP contribution is 2.32. The van der Waals surface area contributed by atoms with Crippen LogP contribution in [-0.2, 0) is 6.54 Å². The lowest BCUT2D eigenvalue weighted by Gasteiger charge is -2.14. The predicted octanol–water partition coefficient (Wildman–Crippen LogP) is 5.69. The molecular formula is C23H19BrFN3O2. The zero-order valence-corrected chi connectivity index (χ0v) is 17.8. The molecule has 0 unspecified atom stereocenters. The molecule has 1 amide bonds. The van der Waals surface area contributed by atoms with E-state index in [9.17, 15) is 9.18 Å². The number of aliphatic imine (C=N–C) groups is 1. The summed E-state index contributed by atoms with van der Waals surface area (Å²) in [5, 5.41) is 2.80. The summed E-state index contributed by atoms with van der Waals surface area (Å²) in [5.74, 6) is -0.572. The van der Waals surface area contributed by atoms with Gasteiger partial charge in [0.25, 0.3) is 5.91 Å². The topological polar surface area (TPSA) is 63.6 Å². The van der Waals surface area contributed by atoms with Crippen molar-refractivity contribution in [2.45, 2.75) is 13.5 Å². The van der Waals surface area contributed by atoms with Gasteiger partial charge in [-0.2, -0.15) is 0 Å². The number of ether oxygens (including phenoxy) is 1. The first-order valence-corrected chi connectivity index (χ1v) is 9.88. The Morgan fingerprint density at radius 1 is 1.23 bits per heavy atom. The van der Waals surface area contributed by atoms with Crippen LogP contribution in [0.1, 0.15) is 28.4 Å². The first-order valence-electron chi connectivity index (χ1n) is 9.09. The molecule has 0 aliphatic heterocycles. The number of pyridine rings is 1. The van der Waals surface area contributed by atoms with Crippen molar-refractivity contribution in [3.05, 3.63) is 94.0 Å². The lowest BCUT2D eigenvalue weighted by atomic mass is 10.1. The Balaban J connectivity index is 1.81. The molecule has 3 rings (SSSR count). The number of hydrogen-bond acceptors (Lipinski definition) is 4. The van der Waals surface area contributed by atoms with E-state index >= 15 is 0 Å². The Morgan fingerprint density at radius 3 is 2.70 bits per heavy atom. The van der Waals surface area contributed by atoms with Crippen molar-refractivity contribution in [3.63, 3.8) is 0 Å². The van der Waals surface area contributed by atoms with Crippen LogP contribution in [-0.4, -0.2) is 17.6 Å². The second-order valence-electron chi connectivity index (χ2n) is 6.26. The number of nitrogens with one attached hydrogen (secondary N) is 1. The summed E-state index contributed by atoms with van der Waals surface area (Å²) in [6.07, 6.45) is 5.00. The number of carbonyl (C=O) groups is 1. The molecule has 1 heterocycles. The van der Waals surface area contributed by atoms with Gasteiger partial charge < -0.3 is 10.1 Å². The number of halogens is 2. The predicted molar refractivity (Wildman–Crippen MR) is 119 cm³/mol. The third kappa shape index (κ3) is 5.18. The molecule has 0 saturated heterocycles. The maximum Gasteiger partial charge on any atom is 0.251 e. The standard InChI is InChI=1S/C23H19BrFN3O2/c1-3-21(18-6-5-17(24)13-20(18)26-2)30-22-12-16(4-7-19(22)25)23(29)28-14-15-8-10-27-11-9-15/h3-13H,2,14H2,1H3,(H,28,29)/b21-3+. The van der Waals surface area contributed by atoms with E-state index < -0.39 is 5.82 Å². The van der Waals surface area contributed by atoms with Crippen LogP contribution < -0.4 is 10.1 Å². The highest BCUT2D eigenvalue weighted by molar-refractivity contribution is 9.10. The van der Waals surface area contributed by atoms with E-state index in [0.29, 0.717) is 23.6 Å². The van der Waals surface area contributed by atoms with Gasteiger partial charge in [-0.05, 0) is 73.8 Å². The monoisotopic (exact) mass is 467 g/mol. The molecule has 2 aromatic carbocycles. The molecule has 3 aromatic rings. The van der Waals surface area contributed by atoms with Crippen LogP contribution in [0.3, 0.4) is 0 Å². The van der Waals surface area contributed by atoms with Crippen molar-refractivity contribution < 1.29 is 13.9 Å². The van der Waals surface area contributed by atoms with E-state index in [4.69, 9.17) is 4.74 Å². The summed E-state index contributed by atoms with van der Waals surface area (Å²) in [7, 11) is 0. The number of amides is 1. The lowest BCUT2D eigenvalue weighted by Crippen LogP contribution is -2.22. The first-order chi connectivity index (χ1) is 14.5. The molecule has 0 bridgehead atoms.